The van der Waals surface area contributed by atoms with Crippen molar-refractivity contribution in [3.05, 3.63) is 30.1 Å². The van der Waals surface area contributed by atoms with Crippen molar-refractivity contribution in [3.8, 4) is 0 Å². The number of amides is 2. The second-order valence-electron chi connectivity index (χ2n) is 6.56. The fourth-order valence-electron chi connectivity index (χ4n) is 1.48. The summed E-state index contributed by atoms with van der Waals surface area (Å²) in [5.41, 5.74) is -0.540. The van der Waals surface area contributed by atoms with Gasteiger partial charge in [-0.2, -0.15) is 0 Å². The molecular weight excluding hydrogens is 254 g/mol. The van der Waals surface area contributed by atoms with E-state index >= 15 is 0 Å². The van der Waals surface area contributed by atoms with Crippen LogP contribution in [0.5, 0.6) is 0 Å². The van der Waals surface area contributed by atoms with Gasteiger partial charge in [-0.1, -0.05) is 20.8 Å². The van der Waals surface area contributed by atoms with Crippen LogP contribution in [0.25, 0.3) is 0 Å². The standard InChI is InChI=1S/C15H23N3O2/c1-14(2,3)10-17-13(20)15(4,5)18-12(19)11-7-6-8-16-9-11/h6-9H,10H2,1-5H3,(H,17,20)(H,18,19). The smallest absolute Gasteiger partial charge is 0.253 e. The van der Waals surface area contributed by atoms with E-state index in [9.17, 15) is 9.59 Å². The molecule has 0 saturated carbocycles. The van der Waals surface area contributed by atoms with Gasteiger partial charge in [0.25, 0.3) is 5.91 Å². The molecule has 1 aromatic rings. The molecular formula is C15H23N3O2. The first-order valence-electron chi connectivity index (χ1n) is 6.63. The number of hydrogen-bond acceptors (Lipinski definition) is 3. The van der Waals surface area contributed by atoms with Crippen molar-refractivity contribution in [3.63, 3.8) is 0 Å². The highest BCUT2D eigenvalue weighted by Gasteiger charge is 2.30. The Kier molecular flexibility index (Phi) is 4.87. The van der Waals surface area contributed by atoms with Crippen LogP contribution in [0.1, 0.15) is 45.0 Å². The molecule has 0 aliphatic carbocycles. The average Bonchev–Trinajstić information content (AvgIpc) is 2.35. The number of hydrogen-bond donors (Lipinski definition) is 2. The Morgan fingerprint density at radius 3 is 2.35 bits per heavy atom. The quantitative estimate of drug-likeness (QED) is 0.881. The fraction of sp³-hybridized carbons (Fsp3) is 0.533. The summed E-state index contributed by atoms with van der Waals surface area (Å²) >= 11 is 0. The molecule has 0 aromatic carbocycles. The van der Waals surface area contributed by atoms with Gasteiger partial charge in [0.15, 0.2) is 0 Å². The van der Waals surface area contributed by atoms with Gasteiger partial charge < -0.3 is 10.6 Å². The lowest BCUT2D eigenvalue weighted by Gasteiger charge is -2.27. The highest BCUT2D eigenvalue weighted by atomic mass is 16.2. The number of carbonyl (C=O) groups is 2. The Morgan fingerprint density at radius 1 is 1.20 bits per heavy atom. The zero-order valence-corrected chi connectivity index (χ0v) is 12.8. The van der Waals surface area contributed by atoms with Crippen molar-refractivity contribution < 1.29 is 9.59 Å². The van der Waals surface area contributed by atoms with Crippen LogP contribution in [0.15, 0.2) is 24.5 Å². The van der Waals surface area contributed by atoms with Gasteiger partial charge in [-0.05, 0) is 31.4 Å². The van der Waals surface area contributed by atoms with E-state index in [1.54, 1.807) is 32.2 Å². The molecule has 0 spiro atoms. The number of nitrogens with one attached hydrogen (secondary N) is 2. The minimum Gasteiger partial charge on any atom is -0.354 e. The van der Waals surface area contributed by atoms with E-state index in [4.69, 9.17) is 0 Å². The van der Waals surface area contributed by atoms with E-state index in [2.05, 4.69) is 15.6 Å². The first-order chi connectivity index (χ1) is 9.12. The molecule has 20 heavy (non-hydrogen) atoms. The number of aromatic nitrogens is 1. The van der Waals surface area contributed by atoms with Crippen LogP contribution in [0.4, 0.5) is 0 Å². The summed E-state index contributed by atoms with van der Waals surface area (Å²) in [5.74, 6) is -0.515. The number of carbonyl (C=O) groups excluding carboxylic acids is 2. The van der Waals surface area contributed by atoms with Crippen LogP contribution in [0.2, 0.25) is 0 Å². The van der Waals surface area contributed by atoms with E-state index in [0.29, 0.717) is 12.1 Å². The lowest BCUT2D eigenvalue weighted by atomic mass is 9.96. The molecule has 0 atom stereocenters. The molecule has 0 unspecified atom stereocenters. The van der Waals surface area contributed by atoms with Crippen LogP contribution in [0.3, 0.4) is 0 Å². The monoisotopic (exact) mass is 277 g/mol. The normalized spacial score (nSPS) is 11.8. The molecule has 0 aliphatic heterocycles. The van der Waals surface area contributed by atoms with Crippen molar-refractivity contribution in [2.24, 2.45) is 5.41 Å². The van der Waals surface area contributed by atoms with Gasteiger partial charge in [-0.3, -0.25) is 14.6 Å². The third-order valence-corrected chi connectivity index (χ3v) is 2.70. The minimum absolute atomic E-state index is 0.000894. The molecule has 1 rings (SSSR count). The summed E-state index contributed by atoms with van der Waals surface area (Å²) in [5, 5.41) is 5.57. The molecule has 0 saturated heterocycles. The largest absolute Gasteiger partial charge is 0.354 e. The SMILES string of the molecule is CC(C)(C)CNC(=O)C(C)(C)NC(=O)c1cccnc1. The van der Waals surface area contributed by atoms with Crippen LogP contribution in [-0.2, 0) is 4.79 Å². The van der Waals surface area contributed by atoms with Crippen LogP contribution < -0.4 is 10.6 Å². The molecule has 110 valence electrons. The van der Waals surface area contributed by atoms with Gasteiger partial charge >= 0.3 is 0 Å². The van der Waals surface area contributed by atoms with E-state index in [-0.39, 0.29) is 17.2 Å². The van der Waals surface area contributed by atoms with E-state index in [0.717, 1.165) is 0 Å². The van der Waals surface area contributed by atoms with Gasteiger partial charge in [0, 0.05) is 18.9 Å². The molecule has 5 heteroatoms. The predicted octanol–water partition coefficient (Wildman–Crippen LogP) is 1.75. The van der Waals surface area contributed by atoms with Crippen LogP contribution in [0, 0.1) is 5.41 Å². The van der Waals surface area contributed by atoms with Crippen molar-refractivity contribution in [1.82, 2.24) is 15.6 Å². The first kappa shape index (κ1) is 16.1. The Bertz CT molecular complexity index is 476. The molecule has 0 bridgehead atoms. The molecule has 5 nitrogen and oxygen atoms in total. The topological polar surface area (TPSA) is 71.1 Å². The average molecular weight is 277 g/mol. The minimum atomic E-state index is -0.974. The summed E-state index contributed by atoms with van der Waals surface area (Å²) in [7, 11) is 0. The highest BCUT2D eigenvalue weighted by molar-refractivity contribution is 5.98. The predicted molar refractivity (Wildman–Crippen MR) is 78.2 cm³/mol. The molecule has 0 fully saturated rings. The lowest BCUT2D eigenvalue weighted by Crippen LogP contribution is -2.55. The van der Waals surface area contributed by atoms with Crippen molar-refractivity contribution in [1.29, 1.82) is 0 Å². The van der Waals surface area contributed by atoms with E-state index < -0.39 is 5.54 Å². The maximum atomic E-state index is 12.1. The van der Waals surface area contributed by atoms with Gasteiger partial charge in [0.2, 0.25) is 5.91 Å². The Labute approximate surface area is 120 Å². The summed E-state index contributed by atoms with van der Waals surface area (Å²) in [6, 6.07) is 3.34. The summed E-state index contributed by atoms with van der Waals surface area (Å²) < 4.78 is 0. The molecule has 1 heterocycles. The van der Waals surface area contributed by atoms with Crippen LogP contribution in [-0.4, -0.2) is 28.9 Å². The van der Waals surface area contributed by atoms with E-state index in [1.165, 1.54) is 6.20 Å². The zero-order chi connectivity index (χ0) is 15.4. The van der Waals surface area contributed by atoms with Gasteiger partial charge in [-0.15, -0.1) is 0 Å². The first-order valence-corrected chi connectivity index (χ1v) is 6.63. The van der Waals surface area contributed by atoms with Gasteiger partial charge in [-0.25, -0.2) is 0 Å². The number of nitrogens with zero attached hydrogens (tertiary/aromatic N) is 1. The summed E-state index contributed by atoms with van der Waals surface area (Å²) in [6.45, 7) is 10.0. The number of rotatable bonds is 4. The van der Waals surface area contributed by atoms with E-state index in [1.807, 2.05) is 20.8 Å². The fourth-order valence-corrected chi connectivity index (χ4v) is 1.48. The molecule has 2 N–H and O–H groups in total. The van der Waals surface area contributed by atoms with Crippen LogP contribution >= 0.6 is 0 Å². The molecule has 0 aliphatic rings. The lowest BCUT2D eigenvalue weighted by molar-refractivity contribution is -0.126. The molecule has 0 radical (unpaired) electrons. The van der Waals surface area contributed by atoms with Gasteiger partial charge in [0.05, 0.1) is 5.56 Å². The second-order valence-corrected chi connectivity index (χ2v) is 6.56. The van der Waals surface area contributed by atoms with Crippen molar-refractivity contribution in [2.75, 3.05) is 6.54 Å². The molecule has 2 amide bonds. The second kappa shape index (κ2) is 6.03. The molecule has 1 aromatic heterocycles. The third-order valence-electron chi connectivity index (χ3n) is 2.70. The summed E-state index contributed by atoms with van der Waals surface area (Å²) in [6.07, 6.45) is 3.07. The zero-order valence-electron chi connectivity index (χ0n) is 12.8. The Morgan fingerprint density at radius 2 is 1.85 bits per heavy atom. The van der Waals surface area contributed by atoms with Crippen molar-refractivity contribution in [2.45, 2.75) is 40.2 Å². The third kappa shape index (κ3) is 4.99. The highest BCUT2D eigenvalue weighted by Crippen LogP contribution is 2.12. The Hall–Kier alpha value is -1.91. The van der Waals surface area contributed by atoms with Gasteiger partial charge in [0.1, 0.15) is 5.54 Å². The van der Waals surface area contributed by atoms with Crippen molar-refractivity contribution >= 4 is 11.8 Å². The maximum Gasteiger partial charge on any atom is 0.253 e. The summed E-state index contributed by atoms with van der Waals surface area (Å²) in [4.78, 5) is 28.1. The Balaban J connectivity index is 2.65. The number of pyridine rings is 1. The maximum absolute atomic E-state index is 12.1.